The van der Waals surface area contributed by atoms with E-state index in [1.165, 1.54) is 6.33 Å². The van der Waals surface area contributed by atoms with E-state index >= 15 is 0 Å². The third-order valence-electron chi connectivity index (χ3n) is 1.42. The molecular formula is C6H2BrN5. The number of aromatic nitrogens is 4. The Balaban J connectivity index is 2.96. The standard InChI is InChI=1S/C6H2BrN5/c7-5-4-3(1-8)9-2-10-6(4)12-11-5/h2H,(H,9,10,11,12). The summed E-state index contributed by atoms with van der Waals surface area (Å²) in [6, 6.07) is 1.96. The molecule has 5 nitrogen and oxygen atoms in total. The maximum atomic E-state index is 8.68. The summed E-state index contributed by atoms with van der Waals surface area (Å²) in [6.07, 6.45) is 1.32. The van der Waals surface area contributed by atoms with Gasteiger partial charge in [-0.2, -0.15) is 10.4 Å². The highest BCUT2D eigenvalue weighted by atomic mass is 79.9. The van der Waals surface area contributed by atoms with Crippen LogP contribution < -0.4 is 0 Å². The zero-order valence-corrected chi connectivity index (χ0v) is 7.33. The zero-order valence-electron chi connectivity index (χ0n) is 5.74. The lowest BCUT2D eigenvalue weighted by Crippen LogP contribution is -1.85. The van der Waals surface area contributed by atoms with Gasteiger partial charge in [-0.1, -0.05) is 0 Å². The number of aromatic amines is 1. The summed E-state index contributed by atoms with van der Waals surface area (Å²) in [5, 5.41) is 15.8. The Morgan fingerprint density at radius 1 is 1.50 bits per heavy atom. The van der Waals surface area contributed by atoms with Gasteiger partial charge in [0, 0.05) is 0 Å². The Kier molecular flexibility index (Phi) is 1.52. The third-order valence-corrected chi connectivity index (χ3v) is 1.99. The van der Waals surface area contributed by atoms with Crippen molar-refractivity contribution in [2.75, 3.05) is 0 Å². The van der Waals surface area contributed by atoms with Crippen molar-refractivity contribution in [3.05, 3.63) is 16.6 Å². The lowest BCUT2D eigenvalue weighted by Gasteiger charge is -1.88. The molecule has 0 fully saturated rings. The maximum Gasteiger partial charge on any atom is 0.161 e. The van der Waals surface area contributed by atoms with Crippen molar-refractivity contribution in [2.45, 2.75) is 0 Å². The molecule has 1 N–H and O–H groups in total. The molecule has 0 unspecified atom stereocenters. The summed E-state index contributed by atoms with van der Waals surface area (Å²) in [7, 11) is 0. The number of halogens is 1. The van der Waals surface area contributed by atoms with Crippen LogP contribution in [0.3, 0.4) is 0 Å². The van der Waals surface area contributed by atoms with Crippen LogP contribution in [0.1, 0.15) is 5.69 Å². The third kappa shape index (κ3) is 0.871. The van der Waals surface area contributed by atoms with Crippen LogP contribution in [0.4, 0.5) is 0 Å². The van der Waals surface area contributed by atoms with Crippen molar-refractivity contribution in [1.29, 1.82) is 5.26 Å². The molecule has 2 aromatic heterocycles. The van der Waals surface area contributed by atoms with Crippen LogP contribution >= 0.6 is 15.9 Å². The second kappa shape index (κ2) is 2.53. The Morgan fingerprint density at radius 2 is 2.33 bits per heavy atom. The number of nitrogens with zero attached hydrogens (tertiary/aromatic N) is 4. The fraction of sp³-hybridized carbons (Fsp3) is 0. The maximum absolute atomic E-state index is 8.68. The lowest BCUT2D eigenvalue weighted by atomic mass is 10.3. The summed E-state index contributed by atoms with van der Waals surface area (Å²) in [6.45, 7) is 0. The first-order chi connectivity index (χ1) is 5.83. The molecule has 0 amide bonds. The number of hydrogen-bond acceptors (Lipinski definition) is 4. The highest BCUT2D eigenvalue weighted by molar-refractivity contribution is 9.10. The van der Waals surface area contributed by atoms with Gasteiger partial charge in [0.25, 0.3) is 0 Å². The smallest absolute Gasteiger partial charge is 0.161 e. The van der Waals surface area contributed by atoms with Crippen LogP contribution in [0, 0.1) is 11.3 Å². The van der Waals surface area contributed by atoms with Gasteiger partial charge in [0.05, 0.1) is 5.39 Å². The molecule has 2 aromatic rings. The number of rotatable bonds is 0. The van der Waals surface area contributed by atoms with Crippen LogP contribution in [0.2, 0.25) is 0 Å². The topological polar surface area (TPSA) is 78.2 Å². The number of H-pyrrole nitrogens is 1. The van der Waals surface area contributed by atoms with Gasteiger partial charge in [-0.25, -0.2) is 9.97 Å². The average molecular weight is 224 g/mol. The van der Waals surface area contributed by atoms with Crippen LogP contribution in [0.15, 0.2) is 10.9 Å². The molecule has 0 radical (unpaired) electrons. The molecule has 2 rings (SSSR count). The van der Waals surface area contributed by atoms with Gasteiger partial charge in [0.15, 0.2) is 11.3 Å². The summed E-state index contributed by atoms with van der Waals surface area (Å²) in [4.78, 5) is 7.70. The van der Waals surface area contributed by atoms with Crippen molar-refractivity contribution in [3.63, 3.8) is 0 Å². The predicted octanol–water partition coefficient (Wildman–Crippen LogP) is 0.987. The van der Waals surface area contributed by atoms with E-state index in [-0.39, 0.29) is 0 Å². The largest absolute Gasteiger partial charge is 0.260 e. The Bertz CT molecular complexity index is 468. The highest BCUT2D eigenvalue weighted by Crippen LogP contribution is 2.20. The number of nitriles is 1. The van der Waals surface area contributed by atoms with E-state index < -0.39 is 0 Å². The molecular weight excluding hydrogens is 222 g/mol. The fourth-order valence-corrected chi connectivity index (χ4v) is 1.37. The van der Waals surface area contributed by atoms with Gasteiger partial charge < -0.3 is 0 Å². The molecule has 0 aromatic carbocycles. The van der Waals surface area contributed by atoms with Crippen molar-refractivity contribution in [3.8, 4) is 6.07 Å². The van der Waals surface area contributed by atoms with Crippen LogP contribution in [0.5, 0.6) is 0 Å². The Hall–Kier alpha value is -1.48. The molecule has 0 spiro atoms. The van der Waals surface area contributed by atoms with E-state index in [2.05, 4.69) is 36.1 Å². The SMILES string of the molecule is N#Cc1ncnc2[nH]nc(Br)c12. The molecule has 12 heavy (non-hydrogen) atoms. The van der Waals surface area contributed by atoms with Crippen molar-refractivity contribution in [1.82, 2.24) is 20.2 Å². The number of hydrogen-bond donors (Lipinski definition) is 1. The molecule has 0 atom stereocenters. The minimum atomic E-state index is 0.320. The van der Waals surface area contributed by atoms with E-state index in [0.717, 1.165) is 0 Å². The lowest BCUT2D eigenvalue weighted by molar-refractivity contribution is 1.07. The van der Waals surface area contributed by atoms with E-state index in [4.69, 9.17) is 5.26 Å². The van der Waals surface area contributed by atoms with Crippen LogP contribution in [-0.2, 0) is 0 Å². The Morgan fingerprint density at radius 3 is 3.08 bits per heavy atom. The highest BCUT2D eigenvalue weighted by Gasteiger charge is 2.08. The molecule has 0 aliphatic carbocycles. The second-order valence-corrected chi connectivity index (χ2v) is 2.82. The molecule has 0 saturated heterocycles. The molecule has 0 aliphatic rings. The normalized spacial score (nSPS) is 10.0. The summed E-state index contributed by atoms with van der Waals surface area (Å²) in [5.41, 5.74) is 0.883. The van der Waals surface area contributed by atoms with E-state index in [9.17, 15) is 0 Å². The van der Waals surface area contributed by atoms with Gasteiger partial charge in [0.1, 0.15) is 17.0 Å². The predicted molar refractivity (Wildman–Crippen MR) is 44.1 cm³/mol. The molecule has 0 bridgehead atoms. The first-order valence-electron chi connectivity index (χ1n) is 3.07. The first-order valence-corrected chi connectivity index (χ1v) is 3.87. The second-order valence-electron chi connectivity index (χ2n) is 2.07. The minimum Gasteiger partial charge on any atom is -0.260 e. The molecule has 0 aliphatic heterocycles. The molecule has 2 heterocycles. The first kappa shape index (κ1) is 7.18. The van der Waals surface area contributed by atoms with Crippen LogP contribution in [-0.4, -0.2) is 20.2 Å². The van der Waals surface area contributed by atoms with E-state index in [1.54, 1.807) is 0 Å². The number of fused-ring (bicyclic) bond motifs is 1. The van der Waals surface area contributed by atoms with Crippen molar-refractivity contribution < 1.29 is 0 Å². The van der Waals surface area contributed by atoms with Gasteiger partial charge >= 0.3 is 0 Å². The molecule has 58 valence electrons. The zero-order chi connectivity index (χ0) is 8.55. The fourth-order valence-electron chi connectivity index (χ4n) is 0.908. The van der Waals surface area contributed by atoms with Crippen molar-refractivity contribution in [2.24, 2.45) is 0 Å². The van der Waals surface area contributed by atoms with Gasteiger partial charge in [-0.3, -0.25) is 5.10 Å². The monoisotopic (exact) mass is 223 g/mol. The van der Waals surface area contributed by atoms with Crippen molar-refractivity contribution >= 4 is 27.0 Å². The van der Waals surface area contributed by atoms with Crippen LogP contribution in [0.25, 0.3) is 11.0 Å². The van der Waals surface area contributed by atoms with Gasteiger partial charge in [0.2, 0.25) is 0 Å². The number of nitrogens with one attached hydrogen (secondary N) is 1. The summed E-state index contributed by atoms with van der Waals surface area (Å²) < 4.78 is 0.564. The molecule has 6 heteroatoms. The quantitative estimate of drug-likeness (QED) is 0.723. The molecule has 0 saturated carbocycles. The van der Waals surface area contributed by atoms with Gasteiger partial charge in [-0.15, -0.1) is 0 Å². The van der Waals surface area contributed by atoms with E-state index in [0.29, 0.717) is 21.3 Å². The summed E-state index contributed by atoms with van der Waals surface area (Å²) in [5.74, 6) is 0. The minimum absolute atomic E-state index is 0.320. The van der Waals surface area contributed by atoms with Gasteiger partial charge in [-0.05, 0) is 15.9 Å². The average Bonchev–Trinajstić information content (AvgIpc) is 2.48. The summed E-state index contributed by atoms with van der Waals surface area (Å²) >= 11 is 3.19. The van der Waals surface area contributed by atoms with E-state index in [1.807, 2.05) is 6.07 Å². The Labute approximate surface area is 75.6 Å².